The number of nitrogens with zero attached hydrogens (tertiary/aromatic N) is 3. The van der Waals surface area contributed by atoms with E-state index < -0.39 is 47.4 Å². The molecule has 182 valence electrons. The number of carbonyl (C=O) groups is 3. The summed E-state index contributed by atoms with van der Waals surface area (Å²) in [5, 5.41) is 25.9. The summed E-state index contributed by atoms with van der Waals surface area (Å²) in [6.07, 6.45) is -0.840. The van der Waals surface area contributed by atoms with Gasteiger partial charge in [-0.25, -0.2) is 9.78 Å². The van der Waals surface area contributed by atoms with E-state index in [-0.39, 0.29) is 30.8 Å². The molecular weight excluding hydrogens is 454 g/mol. The second kappa shape index (κ2) is 10.0. The van der Waals surface area contributed by atoms with Crippen LogP contribution in [0.25, 0.3) is 0 Å². The number of rotatable bonds is 9. The summed E-state index contributed by atoms with van der Waals surface area (Å²) < 4.78 is 14.5. The molecule has 2 aromatic rings. The number of carboxylic acids is 2. The Labute approximate surface area is 191 Å². The zero-order valence-electron chi connectivity index (χ0n) is 18.0. The van der Waals surface area contributed by atoms with E-state index in [9.17, 15) is 23.6 Å². The quantitative estimate of drug-likeness (QED) is 0.223. The Hall–Kier alpha value is -4.43. The summed E-state index contributed by atoms with van der Waals surface area (Å²) >= 11 is 0. The molecule has 0 fully saturated rings. The lowest BCUT2D eigenvalue weighted by Crippen LogP contribution is -2.48. The molecule has 1 aliphatic heterocycles. The maximum absolute atomic E-state index is 14.5. The predicted octanol–water partition coefficient (Wildman–Crippen LogP) is -0.724. The van der Waals surface area contributed by atoms with Gasteiger partial charge in [-0.15, -0.1) is 0 Å². The monoisotopic (exact) mass is 477 g/mol. The summed E-state index contributed by atoms with van der Waals surface area (Å²) in [6, 6.07) is 0.735. The number of aliphatic carboxylic acids is 2. The lowest BCUT2D eigenvalue weighted by Gasteiger charge is -2.35. The molecule has 0 spiro atoms. The first-order chi connectivity index (χ1) is 16.1. The van der Waals surface area contributed by atoms with Gasteiger partial charge in [0.05, 0.1) is 11.6 Å². The zero-order chi connectivity index (χ0) is 25.0. The van der Waals surface area contributed by atoms with Gasteiger partial charge in [0.2, 0.25) is 11.9 Å². The molecule has 0 bridgehead atoms. The highest BCUT2D eigenvalue weighted by Gasteiger charge is 2.28. The number of halogens is 1. The maximum Gasteiger partial charge on any atom is 0.326 e. The van der Waals surface area contributed by atoms with E-state index >= 15 is 0 Å². The number of aromatic nitrogens is 3. The molecule has 3 rings (SSSR count). The van der Waals surface area contributed by atoms with Crippen LogP contribution in [0.4, 0.5) is 27.7 Å². The number of pyridine rings is 1. The van der Waals surface area contributed by atoms with Crippen LogP contribution in [0.2, 0.25) is 0 Å². The predicted molar refractivity (Wildman–Crippen MR) is 118 cm³/mol. The van der Waals surface area contributed by atoms with Crippen molar-refractivity contribution >= 4 is 41.1 Å². The number of nitrogen functional groups attached to an aromatic ring is 1. The van der Waals surface area contributed by atoms with Crippen molar-refractivity contribution in [3.05, 3.63) is 34.0 Å². The number of amides is 1. The third kappa shape index (κ3) is 5.48. The first kappa shape index (κ1) is 24.2. The molecule has 0 aliphatic carbocycles. The first-order valence-corrected chi connectivity index (χ1v) is 10.1. The summed E-state index contributed by atoms with van der Waals surface area (Å²) in [7, 11) is 1.70. The summed E-state index contributed by atoms with van der Waals surface area (Å²) in [4.78, 5) is 58.2. The number of anilines is 4. The van der Waals surface area contributed by atoms with E-state index in [1.807, 2.05) is 0 Å². The fourth-order valence-electron chi connectivity index (χ4n) is 3.36. The van der Waals surface area contributed by atoms with Crippen LogP contribution in [-0.2, 0) is 9.59 Å². The van der Waals surface area contributed by atoms with Crippen LogP contribution < -0.4 is 32.1 Å². The average molecular weight is 477 g/mol. The SMILES string of the molecule is CN1c2c(nc(N)[nH]c2=O)NC[C@@H]1CNc1ccc(C(=O)N[C@@H](CCC(=O)O)C(=O)O)c([18F])n1. The van der Waals surface area contributed by atoms with Crippen molar-refractivity contribution in [2.75, 3.05) is 41.4 Å². The molecule has 34 heavy (non-hydrogen) atoms. The standard InChI is InChI=1S/C19H23FN8O6/c1-28-8(7-23-15-13(28)17(32)27-19(21)26-15)6-22-11-4-2-9(14(20)25-11)16(31)24-10(18(33)34)3-5-12(29)30/h2,4,8,10H,3,5-7H2,1H3,(H,22,25)(H,24,31)(H,29,30)(H,33,34)(H4,21,23,26,27,32)/t8-,10-/m0/s1/i20-1. The van der Waals surface area contributed by atoms with Crippen molar-refractivity contribution in [1.82, 2.24) is 20.3 Å². The number of fused-ring (bicyclic) bond motifs is 1. The number of nitrogens with one attached hydrogen (secondary N) is 4. The highest BCUT2D eigenvalue weighted by molar-refractivity contribution is 5.96. The third-order valence-electron chi connectivity index (χ3n) is 5.18. The number of H-pyrrole nitrogens is 1. The topological polar surface area (TPSA) is 216 Å². The molecule has 0 radical (unpaired) electrons. The number of likely N-dealkylation sites (N-methyl/N-ethyl adjacent to an activating group) is 1. The average Bonchev–Trinajstić information content (AvgIpc) is 2.75. The minimum absolute atomic E-state index is 0.0124. The molecular formula is C19H23FN8O6. The smallest absolute Gasteiger partial charge is 0.326 e. The minimum Gasteiger partial charge on any atom is -0.481 e. The van der Waals surface area contributed by atoms with Crippen LogP contribution in [0.15, 0.2) is 16.9 Å². The Kier molecular flexibility index (Phi) is 7.13. The highest BCUT2D eigenvalue weighted by Crippen LogP contribution is 2.25. The van der Waals surface area contributed by atoms with Crippen molar-refractivity contribution < 1.29 is 29.0 Å². The van der Waals surface area contributed by atoms with E-state index in [2.05, 4.69) is 30.9 Å². The molecule has 8 N–H and O–H groups in total. The largest absolute Gasteiger partial charge is 0.481 e. The third-order valence-corrected chi connectivity index (χ3v) is 5.18. The van der Waals surface area contributed by atoms with Crippen molar-refractivity contribution in [1.29, 1.82) is 0 Å². The lowest BCUT2D eigenvalue weighted by atomic mass is 10.1. The van der Waals surface area contributed by atoms with Gasteiger partial charge in [0, 0.05) is 26.6 Å². The molecule has 2 aromatic heterocycles. The van der Waals surface area contributed by atoms with Gasteiger partial charge in [0.15, 0.2) is 5.82 Å². The van der Waals surface area contributed by atoms with Crippen molar-refractivity contribution in [3.63, 3.8) is 0 Å². The normalized spacial score (nSPS) is 15.6. The molecule has 0 saturated carbocycles. The molecule has 0 unspecified atom stereocenters. The van der Waals surface area contributed by atoms with Crippen LogP contribution >= 0.6 is 0 Å². The van der Waals surface area contributed by atoms with Gasteiger partial charge in [0.1, 0.15) is 17.5 Å². The van der Waals surface area contributed by atoms with Crippen molar-refractivity contribution in [2.45, 2.75) is 24.9 Å². The van der Waals surface area contributed by atoms with Crippen LogP contribution in [0.5, 0.6) is 0 Å². The molecule has 15 heteroatoms. The minimum atomic E-state index is -1.49. The van der Waals surface area contributed by atoms with E-state index in [4.69, 9.17) is 15.9 Å². The molecule has 2 atom stereocenters. The molecule has 1 amide bonds. The van der Waals surface area contributed by atoms with Crippen LogP contribution in [-0.4, -0.2) is 75.2 Å². The summed E-state index contributed by atoms with van der Waals surface area (Å²) in [5.74, 6) is -4.39. The van der Waals surface area contributed by atoms with E-state index in [1.54, 1.807) is 11.9 Å². The van der Waals surface area contributed by atoms with Gasteiger partial charge in [-0.1, -0.05) is 0 Å². The van der Waals surface area contributed by atoms with E-state index in [0.717, 1.165) is 6.07 Å². The number of hydrogen-bond acceptors (Lipinski definition) is 10. The van der Waals surface area contributed by atoms with Gasteiger partial charge in [-0.3, -0.25) is 19.4 Å². The second-order valence-corrected chi connectivity index (χ2v) is 7.51. The summed E-state index contributed by atoms with van der Waals surface area (Å²) in [5.41, 5.74) is 4.95. The molecule has 3 heterocycles. The van der Waals surface area contributed by atoms with Gasteiger partial charge < -0.3 is 36.8 Å². The Morgan fingerprint density at radius 2 is 2.06 bits per heavy atom. The summed E-state index contributed by atoms with van der Waals surface area (Å²) in [6.45, 7) is 0.656. The number of hydrogen-bond donors (Lipinski definition) is 7. The van der Waals surface area contributed by atoms with Gasteiger partial charge in [0.25, 0.3) is 11.5 Å². The fraction of sp³-hybridized carbons (Fsp3) is 0.368. The number of nitrogens with two attached hydrogens (primary N) is 1. The van der Waals surface area contributed by atoms with Crippen molar-refractivity contribution in [3.8, 4) is 0 Å². The van der Waals surface area contributed by atoms with Crippen LogP contribution in [0.1, 0.15) is 23.2 Å². The van der Waals surface area contributed by atoms with Crippen LogP contribution in [0, 0.1) is 5.95 Å². The Balaban J connectivity index is 1.64. The number of aromatic amines is 1. The van der Waals surface area contributed by atoms with Crippen molar-refractivity contribution in [2.24, 2.45) is 0 Å². The Morgan fingerprint density at radius 1 is 1.32 bits per heavy atom. The van der Waals surface area contributed by atoms with Gasteiger partial charge in [-0.05, 0) is 18.6 Å². The van der Waals surface area contributed by atoms with Gasteiger partial charge in [-0.2, -0.15) is 9.37 Å². The number of carboxylic acid groups (broad SMARTS) is 2. The fourth-order valence-corrected chi connectivity index (χ4v) is 3.36. The number of carbonyl (C=O) groups excluding carboxylic acids is 1. The second-order valence-electron chi connectivity index (χ2n) is 7.51. The first-order valence-electron chi connectivity index (χ1n) is 10.1. The molecule has 0 saturated heterocycles. The van der Waals surface area contributed by atoms with Gasteiger partial charge >= 0.3 is 11.9 Å². The van der Waals surface area contributed by atoms with Crippen LogP contribution in [0.3, 0.4) is 0 Å². The van der Waals surface area contributed by atoms with E-state index in [0.29, 0.717) is 18.1 Å². The van der Waals surface area contributed by atoms with E-state index in [1.165, 1.54) is 6.07 Å². The lowest BCUT2D eigenvalue weighted by molar-refractivity contribution is -0.140. The maximum atomic E-state index is 14.5. The zero-order valence-corrected chi connectivity index (χ0v) is 18.0. The molecule has 0 aromatic carbocycles. The highest BCUT2D eigenvalue weighted by atomic mass is 18.2. The molecule has 1 aliphatic rings. The Bertz CT molecular complexity index is 1170. The Morgan fingerprint density at radius 3 is 2.71 bits per heavy atom. The molecule has 14 nitrogen and oxygen atoms in total.